The van der Waals surface area contributed by atoms with Crippen LogP contribution in [0.5, 0.6) is 0 Å². The van der Waals surface area contributed by atoms with Gasteiger partial charge < -0.3 is 9.30 Å². The molecule has 2 fully saturated rings. The number of halogens is 2. The number of hydrogen-bond donors (Lipinski definition) is 1. The van der Waals surface area contributed by atoms with Crippen LogP contribution in [-0.2, 0) is 9.57 Å². The number of benzene rings is 1. The molecule has 4 rings (SSSR count). The zero-order valence-electron chi connectivity index (χ0n) is 14.0. The molecule has 138 valence electrons. The van der Waals surface area contributed by atoms with Crippen molar-refractivity contribution in [1.29, 1.82) is 0 Å². The Hall–Kier alpha value is -1.96. The Morgan fingerprint density at radius 1 is 1.31 bits per heavy atom. The quantitative estimate of drug-likeness (QED) is 0.826. The third kappa shape index (κ3) is 3.34. The summed E-state index contributed by atoms with van der Waals surface area (Å²) in [7, 11) is 0. The van der Waals surface area contributed by atoms with Gasteiger partial charge in [-0.25, -0.2) is 14.7 Å². The van der Waals surface area contributed by atoms with Gasteiger partial charge in [-0.2, -0.15) is 0 Å². The normalized spacial score (nSPS) is 20.3. The van der Waals surface area contributed by atoms with E-state index in [-0.39, 0.29) is 22.0 Å². The highest BCUT2D eigenvalue weighted by atomic mass is 35.5. The minimum absolute atomic E-state index is 0.0544. The van der Waals surface area contributed by atoms with Gasteiger partial charge in [-0.1, -0.05) is 11.6 Å². The van der Waals surface area contributed by atoms with Crippen molar-refractivity contribution >= 4 is 28.4 Å². The first-order chi connectivity index (χ1) is 12.5. The van der Waals surface area contributed by atoms with Crippen molar-refractivity contribution in [3.05, 3.63) is 45.0 Å². The van der Waals surface area contributed by atoms with Crippen LogP contribution in [0.3, 0.4) is 0 Å². The molecule has 1 aromatic heterocycles. The highest BCUT2D eigenvalue weighted by Crippen LogP contribution is 2.37. The molecule has 1 atom stereocenters. The predicted molar refractivity (Wildman–Crippen MR) is 93.6 cm³/mol. The molecule has 26 heavy (non-hydrogen) atoms. The maximum Gasteiger partial charge on any atom is 0.280 e. The summed E-state index contributed by atoms with van der Waals surface area (Å²) in [5.41, 5.74) is 2.16. The molecule has 0 bridgehead atoms. The largest absolute Gasteiger partial charge is 0.350 e. The summed E-state index contributed by atoms with van der Waals surface area (Å²) in [6, 6.07) is 2.69. The van der Waals surface area contributed by atoms with Gasteiger partial charge in [0.05, 0.1) is 10.5 Å². The maximum absolute atomic E-state index is 13.9. The molecule has 1 amide bonds. The average molecular weight is 381 g/mol. The van der Waals surface area contributed by atoms with E-state index in [0.717, 1.165) is 31.7 Å². The van der Waals surface area contributed by atoms with E-state index in [1.165, 1.54) is 12.3 Å². The maximum atomic E-state index is 13.9. The Balaban J connectivity index is 1.68. The molecule has 1 N–H and O–H groups in total. The van der Waals surface area contributed by atoms with Crippen LogP contribution in [-0.4, -0.2) is 23.4 Å². The number of amides is 1. The van der Waals surface area contributed by atoms with Crippen LogP contribution in [0.2, 0.25) is 5.02 Å². The molecular weight excluding hydrogens is 363 g/mol. The van der Waals surface area contributed by atoms with Crippen molar-refractivity contribution in [3.8, 4) is 0 Å². The number of nitrogens with one attached hydrogen (secondary N) is 1. The van der Waals surface area contributed by atoms with Crippen LogP contribution in [0.15, 0.2) is 23.1 Å². The van der Waals surface area contributed by atoms with Gasteiger partial charge in [-0.3, -0.25) is 9.59 Å². The van der Waals surface area contributed by atoms with Gasteiger partial charge in [-0.05, 0) is 37.8 Å². The Bertz CT molecular complexity index is 920. The minimum Gasteiger partial charge on any atom is -0.350 e. The first-order valence-electron chi connectivity index (χ1n) is 8.66. The fourth-order valence-corrected chi connectivity index (χ4v) is 3.30. The third-order valence-electron chi connectivity index (χ3n) is 4.68. The second-order valence-corrected chi connectivity index (χ2v) is 7.05. The van der Waals surface area contributed by atoms with E-state index in [9.17, 15) is 14.0 Å². The smallest absolute Gasteiger partial charge is 0.280 e. The van der Waals surface area contributed by atoms with E-state index in [1.807, 2.05) is 4.57 Å². The minimum atomic E-state index is -0.692. The molecule has 1 aromatic carbocycles. The first kappa shape index (κ1) is 17.5. The molecule has 8 heteroatoms. The molecule has 0 radical (unpaired) electrons. The lowest BCUT2D eigenvalue weighted by Crippen LogP contribution is -2.35. The van der Waals surface area contributed by atoms with Crippen LogP contribution in [0, 0.1) is 5.82 Å². The number of fused-ring (bicyclic) bond motifs is 1. The number of carbonyl (C=O) groups is 1. The van der Waals surface area contributed by atoms with E-state index in [4.69, 9.17) is 21.2 Å². The Labute approximate surface area is 153 Å². The molecule has 1 aliphatic carbocycles. The summed E-state index contributed by atoms with van der Waals surface area (Å²) in [5, 5.41) is 0.0710. The molecule has 2 heterocycles. The molecule has 0 spiro atoms. The fourth-order valence-electron chi connectivity index (χ4n) is 3.14. The number of rotatable bonds is 4. The Morgan fingerprint density at radius 2 is 2.12 bits per heavy atom. The van der Waals surface area contributed by atoms with E-state index >= 15 is 0 Å². The van der Waals surface area contributed by atoms with Crippen LogP contribution in [0.4, 0.5) is 4.39 Å². The fraction of sp³-hybridized carbons (Fsp3) is 0.444. The monoisotopic (exact) mass is 380 g/mol. The van der Waals surface area contributed by atoms with Crippen molar-refractivity contribution in [2.45, 2.75) is 44.4 Å². The number of hydrogen-bond acceptors (Lipinski definition) is 4. The van der Waals surface area contributed by atoms with Crippen LogP contribution in [0.25, 0.3) is 10.9 Å². The topological polar surface area (TPSA) is 69.6 Å². The Morgan fingerprint density at radius 3 is 2.81 bits per heavy atom. The second-order valence-electron chi connectivity index (χ2n) is 6.64. The number of hydroxylamine groups is 1. The summed E-state index contributed by atoms with van der Waals surface area (Å²) >= 11 is 5.87. The van der Waals surface area contributed by atoms with Gasteiger partial charge >= 0.3 is 0 Å². The summed E-state index contributed by atoms with van der Waals surface area (Å²) in [6.07, 6.45) is 5.42. The number of aromatic nitrogens is 1. The highest BCUT2D eigenvalue weighted by molar-refractivity contribution is 6.31. The lowest BCUT2D eigenvalue weighted by Gasteiger charge is -2.22. The zero-order valence-corrected chi connectivity index (χ0v) is 14.7. The van der Waals surface area contributed by atoms with Gasteiger partial charge in [0.25, 0.3) is 5.91 Å². The van der Waals surface area contributed by atoms with E-state index < -0.39 is 23.4 Å². The Kier molecular flexibility index (Phi) is 4.69. The summed E-state index contributed by atoms with van der Waals surface area (Å²) < 4.78 is 21.1. The lowest BCUT2D eigenvalue weighted by molar-refractivity contribution is -0.186. The number of ether oxygens (including phenoxy) is 1. The number of nitrogens with zero attached hydrogens (tertiary/aromatic N) is 1. The second kappa shape index (κ2) is 6.98. The summed E-state index contributed by atoms with van der Waals surface area (Å²) in [4.78, 5) is 30.4. The highest BCUT2D eigenvalue weighted by Gasteiger charge is 2.27. The molecule has 2 aromatic rings. The van der Waals surface area contributed by atoms with Crippen LogP contribution >= 0.6 is 11.6 Å². The van der Waals surface area contributed by atoms with Crippen molar-refractivity contribution in [2.75, 3.05) is 6.61 Å². The van der Waals surface area contributed by atoms with Crippen LogP contribution < -0.4 is 10.9 Å². The van der Waals surface area contributed by atoms with Gasteiger partial charge in [0.2, 0.25) is 5.43 Å². The van der Waals surface area contributed by atoms with Gasteiger partial charge in [0.1, 0.15) is 11.4 Å². The standard InChI is InChI=1S/C18H18ClFN2O4/c19-13-8-15-11(7-14(13)20)17(23)12(9-22(15)10-4-5-10)18(24)21-26-16-3-1-2-6-25-16/h7-10,16H,1-6H2,(H,21,24)/t16-/m0/s1. The van der Waals surface area contributed by atoms with Crippen LogP contribution in [0.1, 0.15) is 48.5 Å². The average Bonchev–Trinajstić information content (AvgIpc) is 3.48. The van der Waals surface area contributed by atoms with Crippen molar-refractivity contribution in [3.63, 3.8) is 0 Å². The SMILES string of the molecule is O=C(NO[C@H]1CCCCO1)c1cn(C2CC2)c2cc(Cl)c(F)cc2c1=O. The summed E-state index contributed by atoms with van der Waals surface area (Å²) in [5.74, 6) is -1.36. The van der Waals surface area contributed by atoms with E-state index in [2.05, 4.69) is 5.48 Å². The van der Waals surface area contributed by atoms with Crippen molar-refractivity contribution in [2.24, 2.45) is 0 Å². The lowest BCUT2D eigenvalue weighted by atomic mass is 10.1. The zero-order chi connectivity index (χ0) is 18.3. The van der Waals surface area contributed by atoms with Gasteiger partial charge in [-0.15, -0.1) is 0 Å². The number of carbonyl (C=O) groups excluding carboxylic acids is 1. The van der Waals surface area contributed by atoms with Gasteiger partial charge in [0, 0.05) is 30.7 Å². The number of pyridine rings is 1. The molecule has 1 saturated carbocycles. The predicted octanol–water partition coefficient (Wildman–Crippen LogP) is 3.32. The van der Waals surface area contributed by atoms with E-state index in [1.54, 1.807) is 0 Å². The molecule has 1 aliphatic heterocycles. The molecule has 6 nitrogen and oxygen atoms in total. The molecule has 1 saturated heterocycles. The first-order valence-corrected chi connectivity index (χ1v) is 9.04. The summed E-state index contributed by atoms with van der Waals surface area (Å²) in [6.45, 7) is 0.574. The molecular formula is C18H18ClFN2O4. The van der Waals surface area contributed by atoms with Crippen molar-refractivity contribution < 1.29 is 18.8 Å². The van der Waals surface area contributed by atoms with E-state index in [0.29, 0.717) is 18.5 Å². The third-order valence-corrected chi connectivity index (χ3v) is 4.97. The van der Waals surface area contributed by atoms with Crippen molar-refractivity contribution in [1.82, 2.24) is 10.0 Å². The van der Waals surface area contributed by atoms with Gasteiger partial charge in [0.15, 0.2) is 6.29 Å². The molecule has 0 unspecified atom stereocenters. The molecule has 2 aliphatic rings.